The van der Waals surface area contributed by atoms with Crippen molar-refractivity contribution in [3.8, 4) is 0 Å². The Hall–Kier alpha value is -4.14. The molecule has 0 aliphatic carbocycles. The number of sulfonamides is 1. The number of hydrogen-bond donors (Lipinski definition) is 1. The summed E-state index contributed by atoms with van der Waals surface area (Å²) >= 11 is 6.16. The van der Waals surface area contributed by atoms with Gasteiger partial charge in [0.15, 0.2) is 0 Å². The largest absolute Gasteiger partial charge is 0.350 e. The van der Waals surface area contributed by atoms with Crippen molar-refractivity contribution in [1.82, 2.24) is 10.2 Å². The monoisotopic (exact) mass is 645 g/mol. The molecule has 0 saturated carbocycles. The normalized spacial score (nSPS) is 12.3. The van der Waals surface area contributed by atoms with Crippen LogP contribution in [-0.4, -0.2) is 43.3 Å². The summed E-state index contributed by atoms with van der Waals surface area (Å²) in [6.07, 6.45) is 0.795. The smallest absolute Gasteiger partial charge is 0.264 e. The Kier molecular flexibility index (Phi) is 11.1. The highest BCUT2D eigenvalue weighted by Crippen LogP contribution is 2.28. The third-order valence-electron chi connectivity index (χ3n) is 7.29. The van der Waals surface area contributed by atoms with E-state index in [1.165, 1.54) is 21.3 Å². The lowest BCUT2D eigenvalue weighted by atomic mass is 10.0. The molecule has 4 aromatic carbocycles. The van der Waals surface area contributed by atoms with Crippen molar-refractivity contribution in [2.24, 2.45) is 0 Å². The topological polar surface area (TPSA) is 86.8 Å². The van der Waals surface area contributed by atoms with E-state index in [0.717, 1.165) is 16.7 Å². The lowest BCUT2D eigenvalue weighted by Gasteiger charge is -2.35. The molecule has 45 heavy (non-hydrogen) atoms. The molecule has 0 heterocycles. The maximum absolute atomic E-state index is 14.6. The zero-order chi connectivity index (χ0) is 32.6. The van der Waals surface area contributed by atoms with Crippen molar-refractivity contribution in [2.45, 2.75) is 63.6 Å². The van der Waals surface area contributed by atoms with Gasteiger partial charge in [0.25, 0.3) is 10.0 Å². The Bertz CT molecular complexity index is 1690. The van der Waals surface area contributed by atoms with Gasteiger partial charge in [-0.1, -0.05) is 97.4 Å². The predicted octanol–water partition coefficient (Wildman–Crippen LogP) is 6.65. The van der Waals surface area contributed by atoms with E-state index in [2.05, 4.69) is 5.32 Å². The van der Waals surface area contributed by atoms with Crippen LogP contribution in [0.3, 0.4) is 0 Å². The van der Waals surface area contributed by atoms with Crippen LogP contribution in [0.2, 0.25) is 5.02 Å². The van der Waals surface area contributed by atoms with Crippen molar-refractivity contribution in [1.29, 1.82) is 0 Å². The van der Waals surface area contributed by atoms with Gasteiger partial charge in [-0.2, -0.15) is 0 Å². The molecule has 0 spiro atoms. The van der Waals surface area contributed by atoms with Crippen molar-refractivity contribution in [3.63, 3.8) is 0 Å². The van der Waals surface area contributed by atoms with E-state index in [9.17, 15) is 18.0 Å². The first-order valence-corrected chi connectivity index (χ1v) is 16.8. The summed E-state index contributed by atoms with van der Waals surface area (Å²) in [5, 5.41) is 3.58. The second kappa shape index (κ2) is 14.8. The SMILES string of the molecule is CCc1ccccc1N(CC(=O)N(Cc1ccc(Cl)cc1)[C@@H](Cc1ccccc1)C(=O)NC(C)(C)C)S(=O)(=O)c1ccccc1. The highest BCUT2D eigenvalue weighted by Gasteiger charge is 2.36. The van der Waals surface area contributed by atoms with E-state index >= 15 is 0 Å². The van der Waals surface area contributed by atoms with Crippen LogP contribution in [0.4, 0.5) is 5.69 Å². The quantitative estimate of drug-likeness (QED) is 0.187. The van der Waals surface area contributed by atoms with Gasteiger partial charge < -0.3 is 10.2 Å². The molecule has 0 aromatic heterocycles. The number of nitrogens with zero attached hydrogens (tertiary/aromatic N) is 2. The van der Waals surface area contributed by atoms with Gasteiger partial charge in [0, 0.05) is 23.5 Å². The molecule has 236 valence electrons. The summed E-state index contributed by atoms with van der Waals surface area (Å²) in [7, 11) is -4.16. The van der Waals surface area contributed by atoms with Gasteiger partial charge in [0.2, 0.25) is 11.8 Å². The van der Waals surface area contributed by atoms with E-state index in [0.29, 0.717) is 17.1 Å². The van der Waals surface area contributed by atoms with Crippen LogP contribution in [0, 0.1) is 0 Å². The van der Waals surface area contributed by atoms with E-state index < -0.39 is 34.1 Å². The Balaban J connectivity index is 1.83. The van der Waals surface area contributed by atoms with Gasteiger partial charge in [0.1, 0.15) is 12.6 Å². The molecule has 0 fully saturated rings. The standard InChI is InChI=1S/C36H40ClN3O4S/c1-5-29-16-12-13-19-32(29)40(45(43,44)31-17-10-7-11-18-31)26-34(41)39(25-28-20-22-30(37)23-21-28)33(35(42)38-36(2,3)4)24-27-14-8-6-9-15-27/h6-23,33H,5,24-26H2,1-4H3,(H,38,42)/t33-/m0/s1. The summed E-state index contributed by atoms with van der Waals surface area (Å²) < 4.78 is 29.6. The molecule has 0 aliphatic heterocycles. The van der Waals surface area contributed by atoms with E-state index in [1.807, 2.05) is 70.2 Å². The molecule has 0 aliphatic rings. The number of carbonyl (C=O) groups is 2. The predicted molar refractivity (Wildman–Crippen MR) is 181 cm³/mol. The third kappa shape index (κ3) is 8.96. The van der Waals surface area contributed by atoms with E-state index in [4.69, 9.17) is 11.6 Å². The number of anilines is 1. The van der Waals surface area contributed by atoms with Crippen molar-refractivity contribution < 1.29 is 18.0 Å². The molecule has 0 bridgehead atoms. The fraction of sp³-hybridized carbons (Fsp3) is 0.278. The molecule has 0 unspecified atom stereocenters. The second-order valence-corrected chi connectivity index (χ2v) is 14.2. The summed E-state index contributed by atoms with van der Waals surface area (Å²) in [6.45, 7) is 7.15. The number of benzene rings is 4. The van der Waals surface area contributed by atoms with Gasteiger partial charge in [0.05, 0.1) is 10.6 Å². The van der Waals surface area contributed by atoms with Crippen LogP contribution in [-0.2, 0) is 39.0 Å². The molecular formula is C36H40ClN3O4S. The third-order valence-corrected chi connectivity index (χ3v) is 9.31. The minimum absolute atomic E-state index is 0.0688. The fourth-order valence-corrected chi connectivity index (χ4v) is 6.68. The minimum atomic E-state index is -4.16. The molecule has 0 saturated heterocycles. The summed E-state index contributed by atoms with van der Waals surface area (Å²) in [5.74, 6) is -0.847. The van der Waals surface area contributed by atoms with Crippen LogP contribution < -0.4 is 9.62 Å². The Morgan fingerprint density at radius 3 is 1.98 bits per heavy atom. The number of amides is 2. The Morgan fingerprint density at radius 2 is 1.38 bits per heavy atom. The second-order valence-electron chi connectivity index (χ2n) is 11.9. The first-order valence-electron chi connectivity index (χ1n) is 14.9. The number of aryl methyl sites for hydroxylation is 1. The molecule has 4 rings (SSSR count). The van der Waals surface area contributed by atoms with E-state index in [1.54, 1.807) is 54.6 Å². The lowest BCUT2D eigenvalue weighted by Crippen LogP contribution is -2.56. The summed E-state index contributed by atoms with van der Waals surface area (Å²) in [4.78, 5) is 30.1. The van der Waals surface area contributed by atoms with Gasteiger partial charge in [-0.25, -0.2) is 8.42 Å². The van der Waals surface area contributed by atoms with Crippen LogP contribution in [0.5, 0.6) is 0 Å². The molecular weight excluding hydrogens is 606 g/mol. The highest BCUT2D eigenvalue weighted by atomic mass is 35.5. The minimum Gasteiger partial charge on any atom is -0.350 e. The zero-order valence-electron chi connectivity index (χ0n) is 26.1. The van der Waals surface area contributed by atoms with Crippen LogP contribution in [0.15, 0.2) is 114 Å². The van der Waals surface area contributed by atoms with Crippen LogP contribution in [0.1, 0.15) is 44.4 Å². The van der Waals surface area contributed by atoms with Crippen molar-refractivity contribution in [3.05, 3.63) is 131 Å². The first kappa shape index (κ1) is 33.7. The molecule has 1 atom stereocenters. The highest BCUT2D eigenvalue weighted by molar-refractivity contribution is 7.92. The average Bonchev–Trinajstić information content (AvgIpc) is 3.02. The molecule has 1 N–H and O–H groups in total. The lowest BCUT2D eigenvalue weighted by molar-refractivity contribution is -0.140. The van der Waals surface area contributed by atoms with Crippen molar-refractivity contribution in [2.75, 3.05) is 10.8 Å². The maximum Gasteiger partial charge on any atom is 0.264 e. The Morgan fingerprint density at radius 1 is 0.800 bits per heavy atom. The molecule has 0 radical (unpaired) electrons. The fourth-order valence-electron chi connectivity index (χ4n) is 5.08. The maximum atomic E-state index is 14.6. The zero-order valence-corrected chi connectivity index (χ0v) is 27.7. The van der Waals surface area contributed by atoms with Crippen LogP contribution >= 0.6 is 11.6 Å². The van der Waals surface area contributed by atoms with Gasteiger partial charge in [-0.3, -0.25) is 13.9 Å². The molecule has 4 aromatic rings. The van der Waals surface area contributed by atoms with Gasteiger partial charge in [-0.05, 0) is 74.2 Å². The average molecular weight is 646 g/mol. The van der Waals surface area contributed by atoms with Gasteiger partial charge >= 0.3 is 0 Å². The molecule has 2 amide bonds. The number of carbonyl (C=O) groups excluding carboxylic acids is 2. The molecule has 7 nitrogen and oxygen atoms in total. The number of para-hydroxylation sites is 1. The number of hydrogen-bond acceptors (Lipinski definition) is 4. The first-order chi connectivity index (χ1) is 21.4. The summed E-state index contributed by atoms with van der Waals surface area (Å²) in [6, 6.07) is 30.8. The number of rotatable bonds is 12. The number of nitrogens with one attached hydrogen (secondary N) is 1. The number of halogens is 1. The van der Waals surface area contributed by atoms with E-state index in [-0.39, 0.29) is 23.8 Å². The molecule has 9 heteroatoms. The summed E-state index contributed by atoms with van der Waals surface area (Å²) in [5.41, 5.74) is 2.25. The van der Waals surface area contributed by atoms with Crippen LogP contribution in [0.25, 0.3) is 0 Å². The van der Waals surface area contributed by atoms with Crippen molar-refractivity contribution >= 4 is 39.1 Å². The van der Waals surface area contributed by atoms with Gasteiger partial charge in [-0.15, -0.1) is 0 Å². The Labute approximate surface area is 271 Å².